The quantitative estimate of drug-likeness (QED) is 0.858. The number of hydrogen-bond donors (Lipinski definition) is 1. The van der Waals surface area contributed by atoms with Gasteiger partial charge in [0.2, 0.25) is 5.91 Å². The van der Waals surface area contributed by atoms with Gasteiger partial charge in [0.25, 0.3) is 0 Å². The molecule has 5 nitrogen and oxygen atoms in total. The Morgan fingerprint density at radius 2 is 2.05 bits per heavy atom. The van der Waals surface area contributed by atoms with Crippen LogP contribution in [0.5, 0.6) is 0 Å². The number of fused-ring (bicyclic) bond motifs is 1. The molecule has 20 heavy (non-hydrogen) atoms. The zero-order chi connectivity index (χ0) is 13.9. The van der Waals surface area contributed by atoms with Crippen LogP contribution in [-0.4, -0.2) is 26.9 Å². The van der Waals surface area contributed by atoms with E-state index in [-0.39, 0.29) is 5.91 Å². The van der Waals surface area contributed by atoms with Crippen LogP contribution in [0.4, 0.5) is 5.69 Å². The minimum atomic E-state index is 0.191. The summed E-state index contributed by atoms with van der Waals surface area (Å²) in [5.41, 5.74) is 7.55. The highest BCUT2D eigenvalue weighted by molar-refractivity contribution is 5.76. The molecule has 1 amide bonds. The summed E-state index contributed by atoms with van der Waals surface area (Å²) in [4.78, 5) is 18.4. The minimum Gasteiger partial charge on any atom is -0.399 e. The van der Waals surface area contributed by atoms with E-state index in [9.17, 15) is 4.79 Å². The van der Waals surface area contributed by atoms with E-state index in [4.69, 9.17) is 5.73 Å². The van der Waals surface area contributed by atoms with E-state index in [1.54, 1.807) is 6.20 Å². The average Bonchev–Trinajstić information content (AvgIpc) is 2.93. The first-order chi connectivity index (χ1) is 9.72. The van der Waals surface area contributed by atoms with E-state index in [2.05, 4.69) is 9.55 Å². The Kier molecular flexibility index (Phi) is 3.41. The third-order valence-corrected chi connectivity index (χ3v) is 3.70. The van der Waals surface area contributed by atoms with Gasteiger partial charge >= 0.3 is 0 Å². The van der Waals surface area contributed by atoms with Gasteiger partial charge in [0.1, 0.15) is 5.82 Å². The van der Waals surface area contributed by atoms with Gasteiger partial charge in [-0.2, -0.15) is 0 Å². The molecule has 2 heterocycles. The molecule has 1 aromatic carbocycles. The monoisotopic (exact) mass is 270 g/mol. The Morgan fingerprint density at radius 1 is 1.25 bits per heavy atom. The summed E-state index contributed by atoms with van der Waals surface area (Å²) >= 11 is 0. The van der Waals surface area contributed by atoms with Gasteiger partial charge in [-0.1, -0.05) is 12.1 Å². The van der Waals surface area contributed by atoms with Gasteiger partial charge < -0.3 is 15.2 Å². The summed E-state index contributed by atoms with van der Waals surface area (Å²) in [7, 11) is 0. The Bertz CT molecular complexity index is 603. The van der Waals surface area contributed by atoms with Crippen molar-refractivity contribution in [1.82, 2.24) is 14.5 Å². The molecule has 0 saturated heterocycles. The second-order valence-electron chi connectivity index (χ2n) is 5.09. The van der Waals surface area contributed by atoms with Gasteiger partial charge in [-0.3, -0.25) is 4.79 Å². The van der Waals surface area contributed by atoms with Crippen LogP contribution in [0, 0.1) is 0 Å². The van der Waals surface area contributed by atoms with Crippen LogP contribution in [0.2, 0.25) is 0 Å². The highest BCUT2D eigenvalue weighted by Gasteiger charge is 2.20. The molecule has 0 bridgehead atoms. The molecule has 1 aromatic heterocycles. The summed E-state index contributed by atoms with van der Waals surface area (Å²) in [5.74, 6) is 1.16. The van der Waals surface area contributed by atoms with E-state index in [1.807, 2.05) is 35.4 Å². The zero-order valence-electron chi connectivity index (χ0n) is 11.3. The van der Waals surface area contributed by atoms with E-state index in [0.717, 1.165) is 36.6 Å². The first-order valence-corrected chi connectivity index (χ1v) is 6.84. The van der Waals surface area contributed by atoms with Crippen LogP contribution < -0.4 is 5.73 Å². The Morgan fingerprint density at radius 3 is 2.85 bits per heavy atom. The highest BCUT2D eigenvalue weighted by Crippen LogP contribution is 2.13. The first kappa shape index (κ1) is 12.7. The van der Waals surface area contributed by atoms with E-state index in [1.165, 1.54) is 0 Å². The van der Waals surface area contributed by atoms with Crippen molar-refractivity contribution in [3.63, 3.8) is 0 Å². The predicted octanol–water partition coefficient (Wildman–Crippen LogP) is 1.44. The molecule has 0 atom stereocenters. The molecule has 0 unspecified atom stereocenters. The van der Waals surface area contributed by atoms with E-state index < -0.39 is 0 Å². The number of carbonyl (C=O) groups excluding carboxylic acids is 1. The molecular weight excluding hydrogens is 252 g/mol. The van der Waals surface area contributed by atoms with Crippen LogP contribution in [0.3, 0.4) is 0 Å². The number of carbonyl (C=O) groups is 1. The fraction of sp³-hybridized carbons (Fsp3) is 0.333. The smallest absolute Gasteiger partial charge is 0.223 e. The van der Waals surface area contributed by atoms with Crippen molar-refractivity contribution in [2.24, 2.45) is 0 Å². The molecule has 0 saturated carbocycles. The molecule has 1 aliphatic heterocycles. The Balaban J connectivity index is 1.56. The molecule has 2 aromatic rings. The fourth-order valence-corrected chi connectivity index (χ4v) is 2.48. The molecule has 5 heteroatoms. The minimum absolute atomic E-state index is 0.191. The normalized spacial score (nSPS) is 14.1. The van der Waals surface area contributed by atoms with Crippen LogP contribution in [-0.2, 0) is 24.3 Å². The molecule has 0 spiro atoms. The number of rotatable bonds is 3. The van der Waals surface area contributed by atoms with Crippen LogP contribution in [0.15, 0.2) is 36.7 Å². The number of aromatic nitrogens is 2. The van der Waals surface area contributed by atoms with Gasteiger partial charge in [0.05, 0.1) is 6.54 Å². The summed E-state index contributed by atoms with van der Waals surface area (Å²) < 4.78 is 2.10. The van der Waals surface area contributed by atoms with Crippen molar-refractivity contribution in [2.75, 3.05) is 12.3 Å². The molecule has 0 aliphatic carbocycles. The maximum absolute atomic E-state index is 12.2. The molecule has 104 valence electrons. The third kappa shape index (κ3) is 2.66. The molecule has 1 aliphatic rings. The number of nitrogens with zero attached hydrogens (tertiary/aromatic N) is 3. The van der Waals surface area contributed by atoms with Crippen molar-refractivity contribution in [3.05, 3.63) is 48.0 Å². The van der Waals surface area contributed by atoms with Crippen molar-refractivity contribution < 1.29 is 4.79 Å². The number of amides is 1. The topological polar surface area (TPSA) is 64.2 Å². The van der Waals surface area contributed by atoms with Gasteiger partial charge in [0.15, 0.2) is 0 Å². The average molecular weight is 270 g/mol. The zero-order valence-corrected chi connectivity index (χ0v) is 11.3. The standard InChI is InChI=1S/C15H18N4O/c16-13-4-1-12(2-5-13)3-6-15(20)19-10-9-18-8-7-17-14(18)11-19/h1-2,4-5,7-8H,3,6,9-11,16H2. The number of imidazole rings is 1. The largest absolute Gasteiger partial charge is 0.399 e. The Hall–Kier alpha value is -2.30. The van der Waals surface area contributed by atoms with Gasteiger partial charge in [0, 0.05) is 37.6 Å². The van der Waals surface area contributed by atoms with Crippen LogP contribution in [0.1, 0.15) is 17.8 Å². The maximum Gasteiger partial charge on any atom is 0.223 e. The van der Waals surface area contributed by atoms with Crippen molar-refractivity contribution in [2.45, 2.75) is 25.9 Å². The van der Waals surface area contributed by atoms with Gasteiger partial charge in [-0.25, -0.2) is 4.98 Å². The SMILES string of the molecule is Nc1ccc(CCC(=O)N2CCn3ccnc3C2)cc1. The van der Waals surface area contributed by atoms with Crippen molar-refractivity contribution >= 4 is 11.6 Å². The lowest BCUT2D eigenvalue weighted by molar-refractivity contribution is -0.132. The maximum atomic E-state index is 12.2. The summed E-state index contributed by atoms with van der Waals surface area (Å²) in [6, 6.07) is 7.70. The van der Waals surface area contributed by atoms with E-state index in [0.29, 0.717) is 13.0 Å². The lowest BCUT2D eigenvalue weighted by atomic mass is 10.1. The summed E-state index contributed by atoms with van der Waals surface area (Å²) in [6.45, 7) is 2.22. The predicted molar refractivity (Wildman–Crippen MR) is 76.8 cm³/mol. The Labute approximate surface area is 118 Å². The number of nitrogens with two attached hydrogens (primary N) is 1. The number of anilines is 1. The molecule has 0 fully saturated rings. The summed E-state index contributed by atoms with van der Waals surface area (Å²) in [5, 5.41) is 0. The second kappa shape index (κ2) is 5.36. The lowest BCUT2D eigenvalue weighted by Gasteiger charge is -2.27. The molecule has 0 radical (unpaired) electrons. The summed E-state index contributed by atoms with van der Waals surface area (Å²) in [6.07, 6.45) is 5.04. The van der Waals surface area contributed by atoms with Crippen LogP contribution >= 0.6 is 0 Å². The van der Waals surface area contributed by atoms with Crippen molar-refractivity contribution in [3.8, 4) is 0 Å². The second-order valence-corrected chi connectivity index (χ2v) is 5.09. The fourth-order valence-electron chi connectivity index (χ4n) is 2.48. The van der Waals surface area contributed by atoms with Crippen LogP contribution in [0.25, 0.3) is 0 Å². The number of benzene rings is 1. The van der Waals surface area contributed by atoms with Crippen molar-refractivity contribution in [1.29, 1.82) is 0 Å². The van der Waals surface area contributed by atoms with Gasteiger partial charge in [-0.05, 0) is 24.1 Å². The van der Waals surface area contributed by atoms with E-state index >= 15 is 0 Å². The number of nitrogen functional groups attached to an aromatic ring is 1. The molecule has 2 N–H and O–H groups in total. The number of aryl methyl sites for hydroxylation is 1. The third-order valence-electron chi connectivity index (χ3n) is 3.70. The first-order valence-electron chi connectivity index (χ1n) is 6.84. The number of hydrogen-bond acceptors (Lipinski definition) is 3. The highest BCUT2D eigenvalue weighted by atomic mass is 16.2. The molecular formula is C15H18N4O. The lowest BCUT2D eigenvalue weighted by Crippen LogP contribution is -2.38. The molecule has 3 rings (SSSR count). The van der Waals surface area contributed by atoms with Gasteiger partial charge in [-0.15, -0.1) is 0 Å².